The number of nitrogens with one attached hydrogen (secondary N) is 1. The van der Waals surface area contributed by atoms with Gasteiger partial charge in [0.15, 0.2) is 0 Å². The Hall–Kier alpha value is -1.14. The van der Waals surface area contributed by atoms with Crippen LogP contribution in [-0.2, 0) is 4.74 Å². The lowest BCUT2D eigenvalue weighted by molar-refractivity contribution is 0.158. The van der Waals surface area contributed by atoms with E-state index in [0.717, 1.165) is 0 Å². The Balaban J connectivity index is 2.42. The maximum atomic E-state index is 5.58. The second-order valence-electron chi connectivity index (χ2n) is 2.41. The van der Waals surface area contributed by atoms with Crippen molar-refractivity contribution in [1.29, 1.82) is 0 Å². The molecule has 7 heteroatoms. The van der Waals surface area contributed by atoms with Crippen LogP contribution < -0.4 is 11.1 Å². The number of nitrogen functional groups attached to an aromatic ring is 1. The molecular formula is C7H12ClN5O. The minimum absolute atomic E-state index is 0.0800. The lowest BCUT2D eigenvalue weighted by Gasteiger charge is -2.04. The van der Waals surface area contributed by atoms with Crippen LogP contribution in [0.15, 0.2) is 0 Å². The number of nitrogens with two attached hydrogens (primary N) is 1. The van der Waals surface area contributed by atoms with Gasteiger partial charge < -0.3 is 15.8 Å². The molecule has 0 fully saturated rings. The molecule has 0 unspecified atom stereocenters. The Morgan fingerprint density at radius 1 is 1.43 bits per heavy atom. The van der Waals surface area contributed by atoms with Crippen LogP contribution in [-0.4, -0.2) is 34.7 Å². The Morgan fingerprint density at radius 3 is 2.86 bits per heavy atom. The zero-order chi connectivity index (χ0) is 10.4. The first-order valence-corrected chi connectivity index (χ1v) is 4.59. The van der Waals surface area contributed by atoms with E-state index in [2.05, 4.69) is 20.3 Å². The Labute approximate surface area is 86.9 Å². The number of hydrogen-bond acceptors (Lipinski definition) is 6. The Kier molecular flexibility index (Phi) is 4.34. The summed E-state index contributed by atoms with van der Waals surface area (Å²) in [7, 11) is 0. The lowest BCUT2D eigenvalue weighted by atomic mass is 10.6. The SMILES string of the molecule is CCOCCNc1nc(N)nc(Cl)n1. The Bertz CT molecular complexity index is 275. The van der Waals surface area contributed by atoms with E-state index in [-0.39, 0.29) is 11.2 Å². The number of aromatic nitrogens is 3. The van der Waals surface area contributed by atoms with Gasteiger partial charge in [-0.1, -0.05) is 0 Å². The largest absolute Gasteiger partial charge is 0.380 e. The molecule has 0 spiro atoms. The summed E-state index contributed by atoms with van der Waals surface area (Å²) in [5.74, 6) is 0.464. The van der Waals surface area contributed by atoms with Gasteiger partial charge in [-0.05, 0) is 18.5 Å². The topological polar surface area (TPSA) is 86.0 Å². The van der Waals surface area contributed by atoms with Crippen molar-refractivity contribution < 1.29 is 4.74 Å². The minimum Gasteiger partial charge on any atom is -0.380 e. The molecule has 0 bridgehead atoms. The van der Waals surface area contributed by atoms with Gasteiger partial charge in [-0.2, -0.15) is 15.0 Å². The maximum Gasteiger partial charge on any atom is 0.228 e. The first-order valence-electron chi connectivity index (χ1n) is 4.21. The number of rotatable bonds is 5. The molecule has 0 saturated carbocycles. The van der Waals surface area contributed by atoms with Gasteiger partial charge in [0, 0.05) is 13.2 Å². The van der Waals surface area contributed by atoms with Gasteiger partial charge in [0.1, 0.15) is 0 Å². The molecule has 1 heterocycles. The highest BCUT2D eigenvalue weighted by atomic mass is 35.5. The summed E-state index contributed by atoms with van der Waals surface area (Å²) in [4.78, 5) is 11.3. The smallest absolute Gasteiger partial charge is 0.228 e. The fourth-order valence-corrected chi connectivity index (χ4v) is 0.990. The van der Waals surface area contributed by atoms with Crippen molar-refractivity contribution in [2.24, 2.45) is 0 Å². The van der Waals surface area contributed by atoms with Crippen molar-refractivity contribution >= 4 is 23.5 Å². The summed E-state index contributed by atoms with van der Waals surface area (Å²) in [6.07, 6.45) is 0. The van der Waals surface area contributed by atoms with Crippen LogP contribution in [0.3, 0.4) is 0 Å². The fourth-order valence-electron chi connectivity index (χ4n) is 0.824. The third kappa shape index (κ3) is 3.71. The molecule has 1 rings (SSSR count). The van der Waals surface area contributed by atoms with Crippen molar-refractivity contribution in [2.75, 3.05) is 30.8 Å². The van der Waals surface area contributed by atoms with Gasteiger partial charge in [0.2, 0.25) is 17.2 Å². The van der Waals surface area contributed by atoms with Crippen molar-refractivity contribution in [3.8, 4) is 0 Å². The van der Waals surface area contributed by atoms with Crippen LogP contribution in [0.25, 0.3) is 0 Å². The molecule has 0 aliphatic heterocycles. The number of anilines is 2. The monoisotopic (exact) mass is 217 g/mol. The first kappa shape index (κ1) is 10.9. The molecule has 14 heavy (non-hydrogen) atoms. The predicted molar refractivity (Wildman–Crippen MR) is 54.2 cm³/mol. The van der Waals surface area contributed by atoms with Crippen molar-refractivity contribution in [3.05, 3.63) is 5.28 Å². The molecule has 0 saturated heterocycles. The van der Waals surface area contributed by atoms with Gasteiger partial charge in [0.05, 0.1) is 6.61 Å². The Morgan fingerprint density at radius 2 is 2.21 bits per heavy atom. The molecule has 0 radical (unpaired) electrons. The van der Waals surface area contributed by atoms with Crippen LogP contribution in [0.5, 0.6) is 0 Å². The molecule has 6 nitrogen and oxygen atoms in total. The summed E-state index contributed by atoms with van der Waals surface area (Å²) in [6, 6.07) is 0. The van der Waals surface area contributed by atoms with Crippen LogP contribution in [0.1, 0.15) is 6.92 Å². The standard InChI is InChI=1S/C7H12ClN5O/c1-2-14-4-3-10-7-12-5(8)11-6(9)13-7/h2-4H2,1H3,(H3,9,10,11,12,13). The number of nitrogens with zero attached hydrogens (tertiary/aromatic N) is 3. The van der Waals surface area contributed by atoms with Gasteiger partial charge in [-0.15, -0.1) is 0 Å². The highest BCUT2D eigenvalue weighted by molar-refractivity contribution is 6.28. The average Bonchev–Trinajstić information content (AvgIpc) is 2.11. The van der Waals surface area contributed by atoms with Crippen LogP contribution in [0, 0.1) is 0 Å². The van der Waals surface area contributed by atoms with Gasteiger partial charge >= 0.3 is 0 Å². The molecule has 0 aromatic carbocycles. The molecule has 0 aliphatic rings. The molecule has 0 aliphatic carbocycles. The molecule has 0 amide bonds. The second kappa shape index (κ2) is 5.56. The zero-order valence-corrected chi connectivity index (χ0v) is 8.58. The number of halogens is 1. The molecule has 1 aromatic heterocycles. The van der Waals surface area contributed by atoms with Crippen molar-refractivity contribution in [1.82, 2.24) is 15.0 Å². The van der Waals surface area contributed by atoms with E-state index in [4.69, 9.17) is 22.1 Å². The molecule has 3 N–H and O–H groups in total. The highest BCUT2D eigenvalue weighted by Gasteiger charge is 2.00. The summed E-state index contributed by atoms with van der Waals surface area (Å²) in [5, 5.41) is 2.99. The van der Waals surface area contributed by atoms with Crippen molar-refractivity contribution in [3.63, 3.8) is 0 Å². The molecular weight excluding hydrogens is 206 g/mol. The van der Waals surface area contributed by atoms with E-state index in [1.165, 1.54) is 0 Å². The summed E-state index contributed by atoms with van der Waals surface area (Å²) >= 11 is 5.58. The van der Waals surface area contributed by atoms with E-state index < -0.39 is 0 Å². The molecule has 1 aromatic rings. The van der Waals surface area contributed by atoms with E-state index >= 15 is 0 Å². The van der Waals surface area contributed by atoms with Gasteiger partial charge in [-0.3, -0.25) is 0 Å². The normalized spacial score (nSPS) is 10.1. The first-order chi connectivity index (χ1) is 6.72. The van der Waals surface area contributed by atoms with Crippen molar-refractivity contribution in [2.45, 2.75) is 6.92 Å². The fraction of sp³-hybridized carbons (Fsp3) is 0.571. The maximum absolute atomic E-state index is 5.58. The van der Waals surface area contributed by atoms with E-state index in [9.17, 15) is 0 Å². The third-order valence-corrected chi connectivity index (χ3v) is 1.53. The summed E-state index contributed by atoms with van der Waals surface area (Å²) in [5.41, 5.74) is 5.37. The highest BCUT2D eigenvalue weighted by Crippen LogP contribution is 2.05. The van der Waals surface area contributed by atoms with Gasteiger partial charge in [-0.25, -0.2) is 0 Å². The van der Waals surface area contributed by atoms with Gasteiger partial charge in [0.25, 0.3) is 0 Å². The third-order valence-electron chi connectivity index (χ3n) is 1.36. The number of ether oxygens (including phenoxy) is 1. The summed E-state index contributed by atoms with van der Waals surface area (Å²) in [6.45, 7) is 3.80. The predicted octanol–water partition coefficient (Wildman–Crippen LogP) is 0.556. The average molecular weight is 218 g/mol. The van der Waals surface area contributed by atoms with E-state index in [1.807, 2.05) is 6.92 Å². The minimum atomic E-state index is 0.0800. The van der Waals surface area contributed by atoms with Crippen LogP contribution in [0.4, 0.5) is 11.9 Å². The lowest BCUT2D eigenvalue weighted by Crippen LogP contribution is -2.12. The second-order valence-corrected chi connectivity index (χ2v) is 2.75. The zero-order valence-electron chi connectivity index (χ0n) is 7.83. The van der Waals surface area contributed by atoms with E-state index in [0.29, 0.717) is 25.7 Å². The number of hydrogen-bond donors (Lipinski definition) is 2. The van der Waals surface area contributed by atoms with Crippen LogP contribution >= 0.6 is 11.6 Å². The molecule has 78 valence electrons. The molecule has 0 atom stereocenters. The summed E-state index contributed by atoms with van der Waals surface area (Å²) < 4.78 is 5.12. The van der Waals surface area contributed by atoms with Crippen LogP contribution in [0.2, 0.25) is 5.28 Å². The quantitative estimate of drug-likeness (QED) is 0.701. The van der Waals surface area contributed by atoms with E-state index in [1.54, 1.807) is 0 Å².